The van der Waals surface area contributed by atoms with Crippen molar-refractivity contribution in [3.05, 3.63) is 53.1 Å². The molecule has 100 valence electrons. The molecule has 2 rings (SSSR count). The molecule has 2 aromatic carbocycles. The molecule has 2 aromatic rings. The molecule has 2 N–H and O–H groups in total. The van der Waals surface area contributed by atoms with Crippen LogP contribution >= 0.6 is 11.6 Å². The number of hydrogen-bond donors (Lipinski definition) is 2. The van der Waals surface area contributed by atoms with Crippen molar-refractivity contribution in [1.29, 1.82) is 0 Å². The first-order chi connectivity index (χ1) is 9.11. The zero-order valence-corrected chi connectivity index (χ0v) is 11.6. The van der Waals surface area contributed by atoms with E-state index in [2.05, 4.69) is 5.32 Å². The normalized spacial score (nSPS) is 11.9. The van der Waals surface area contributed by atoms with Crippen molar-refractivity contribution in [3.8, 4) is 11.5 Å². The van der Waals surface area contributed by atoms with Gasteiger partial charge in [-0.15, -0.1) is 0 Å². The van der Waals surface area contributed by atoms with Crippen molar-refractivity contribution < 1.29 is 9.84 Å². The molecule has 0 aliphatic carbocycles. The highest BCUT2D eigenvalue weighted by Crippen LogP contribution is 2.32. The van der Waals surface area contributed by atoms with Gasteiger partial charge in [-0.2, -0.15) is 0 Å². The zero-order valence-electron chi connectivity index (χ0n) is 10.9. The van der Waals surface area contributed by atoms with Gasteiger partial charge < -0.3 is 15.2 Å². The molecule has 3 nitrogen and oxygen atoms in total. The number of phenols is 1. The second-order valence-corrected chi connectivity index (χ2v) is 4.71. The Bertz CT molecular complexity index is 572. The number of benzene rings is 2. The Kier molecular flexibility index (Phi) is 4.17. The van der Waals surface area contributed by atoms with Crippen molar-refractivity contribution in [1.82, 2.24) is 0 Å². The maximum atomic E-state index is 9.88. The summed E-state index contributed by atoms with van der Waals surface area (Å²) in [4.78, 5) is 0. The Hall–Kier alpha value is -1.87. The minimum Gasteiger partial charge on any atom is -0.508 e. The lowest BCUT2D eigenvalue weighted by molar-refractivity contribution is 0.416. The number of halogens is 1. The topological polar surface area (TPSA) is 41.5 Å². The molecule has 0 heterocycles. The van der Waals surface area contributed by atoms with Crippen molar-refractivity contribution in [3.63, 3.8) is 0 Å². The number of methoxy groups -OCH3 is 1. The van der Waals surface area contributed by atoms with Crippen LogP contribution in [0.15, 0.2) is 42.5 Å². The Balaban J connectivity index is 2.25. The summed E-state index contributed by atoms with van der Waals surface area (Å²) in [7, 11) is 1.63. The number of nitrogens with one attached hydrogen (secondary N) is 1. The molecule has 19 heavy (non-hydrogen) atoms. The molecule has 4 heteroatoms. The first-order valence-electron chi connectivity index (χ1n) is 6.00. The van der Waals surface area contributed by atoms with E-state index in [1.807, 2.05) is 31.2 Å². The SMILES string of the molecule is COc1ccccc1N[C@@H](C)c1cc(Cl)ccc1O. The molecular weight excluding hydrogens is 262 g/mol. The smallest absolute Gasteiger partial charge is 0.141 e. The van der Waals surface area contributed by atoms with E-state index in [9.17, 15) is 5.11 Å². The van der Waals surface area contributed by atoms with E-state index in [1.165, 1.54) is 0 Å². The van der Waals surface area contributed by atoms with Crippen LogP contribution in [-0.2, 0) is 0 Å². The number of aromatic hydroxyl groups is 1. The lowest BCUT2D eigenvalue weighted by Crippen LogP contribution is -2.07. The number of rotatable bonds is 4. The van der Waals surface area contributed by atoms with Crippen molar-refractivity contribution in [2.24, 2.45) is 0 Å². The van der Waals surface area contributed by atoms with Crippen molar-refractivity contribution in [2.45, 2.75) is 13.0 Å². The van der Waals surface area contributed by atoms with Crippen LogP contribution in [0.25, 0.3) is 0 Å². The van der Waals surface area contributed by atoms with Crippen LogP contribution in [0.4, 0.5) is 5.69 Å². The molecule has 0 fully saturated rings. The van der Waals surface area contributed by atoms with Crippen LogP contribution in [0.3, 0.4) is 0 Å². The molecule has 0 saturated heterocycles. The minimum absolute atomic E-state index is 0.0880. The summed E-state index contributed by atoms with van der Waals surface area (Å²) in [6.45, 7) is 1.96. The van der Waals surface area contributed by atoms with Gasteiger partial charge in [0, 0.05) is 10.6 Å². The first-order valence-corrected chi connectivity index (χ1v) is 6.37. The van der Waals surface area contributed by atoms with Gasteiger partial charge in [0.25, 0.3) is 0 Å². The third kappa shape index (κ3) is 3.12. The summed E-state index contributed by atoms with van der Waals surface area (Å²) in [5.74, 6) is 0.982. The van der Waals surface area contributed by atoms with Crippen LogP contribution in [0.1, 0.15) is 18.5 Å². The van der Waals surface area contributed by atoms with Crippen LogP contribution in [0.5, 0.6) is 11.5 Å². The average Bonchev–Trinajstić information content (AvgIpc) is 2.42. The van der Waals surface area contributed by atoms with Gasteiger partial charge in [0.1, 0.15) is 11.5 Å². The summed E-state index contributed by atoms with van der Waals surface area (Å²) in [5.41, 5.74) is 1.62. The summed E-state index contributed by atoms with van der Waals surface area (Å²) in [5, 5.41) is 13.8. The third-order valence-corrected chi connectivity index (χ3v) is 3.17. The fourth-order valence-electron chi connectivity index (χ4n) is 1.95. The third-order valence-electron chi connectivity index (χ3n) is 2.94. The Morgan fingerprint density at radius 3 is 2.68 bits per heavy atom. The van der Waals surface area contributed by atoms with Gasteiger partial charge in [-0.25, -0.2) is 0 Å². The van der Waals surface area contributed by atoms with E-state index in [-0.39, 0.29) is 11.8 Å². The average molecular weight is 278 g/mol. The number of phenolic OH excluding ortho intramolecular Hbond substituents is 1. The van der Waals surface area contributed by atoms with E-state index < -0.39 is 0 Å². The molecule has 0 bridgehead atoms. The number of hydrogen-bond acceptors (Lipinski definition) is 3. The molecule has 0 unspecified atom stereocenters. The fourth-order valence-corrected chi connectivity index (χ4v) is 2.13. The van der Waals surface area contributed by atoms with Crippen molar-refractivity contribution in [2.75, 3.05) is 12.4 Å². The number of ether oxygens (including phenoxy) is 1. The first kappa shape index (κ1) is 13.6. The Morgan fingerprint density at radius 1 is 1.21 bits per heavy atom. The minimum atomic E-state index is -0.0880. The lowest BCUT2D eigenvalue weighted by atomic mass is 10.1. The van der Waals surface area contributed by atoms with Crippen LogP contribution in [0, 0.1) is 0 Å². The van der Waals surface area contributed by atoms with E-state index in [0.717, 1.165) is 17.0 Å². The van der Waals surface area contributed by atoms with Gasteiger partial charge in [-0.1, -0.05) is 23.7 Å². The monoisotopic (exact) mass is 277 g/mol. The predicted molar refractivity (Wildman–Crippen MR) is 78.1 cm³/mol. The summed E-state index contributed by atoms with van der Waals surface area (Å²) < 4.78 is 5.28. The van der Waals surface area contributed by atoms with Gasteiger partial charge in [-0.05, 0) is 37.3 Å². The standard InChI is InChI=1S/C15H16ClNO2/c1-10(12-9-11(16)7-8-14(12)18)17-13-5-3-4-6-15(13)19-2/h3-10,17-18H,1-2H3/t10-/m0/s1. The largest absolute Gasteiger partial charge is 0.508 e. The van der Waals surface area contributed by atoms with Gasteiger partial charge >= 0.3 is 0 Å². The molecular formula is C15H16ClNO2. The highest BCUT2D eigenvalue weighted by molar-refractivity contribution is 6.30. The van der Waals surface area contributed by atoms with E-state index >= 15 is 0 Å². The molecule has 0 aromatic heterocycles. The van der Waals surface area contributed by atoms with E-state index in [4.69, 9.17) is 16.3 Å². The molecule has 1 atom stereocenters. The van der Waals surface area contributed by atoms with E-state index in [1.54, 1.807) is 25.3 Å². The molecule has 0 spiro atoms. The second kappa shape index (κ2) is 5.85. The highest BCUT2D eigenvalue weighted by atomic mass is 35.5. The summed E-state index contributed by atoms with van der Waals surface area (Å²) in [6.07, 6.45) is 0. The Labute approximate surface area is 117 Å². The van der Waals surface area contributed by atoms with Crippen LogP contribution < -0.4 is 10.1 Å². The van der Waals surface area contributed by atoms with Gasteiger partial charge in [0.05, 0.1) is 18.8 Å². The summed E-state index contributed by atoms with van der Waals surface area (Å²) in [6, 6.07) is 12.6. The number of para-hydroxylation sites is 2. The predicted octanol–water partition coefficient (Wildman–Crippen LogP) is 4.23. The fraction of sp³-hybridized carbons (Fsp3) is 0.200. The van der Waals surface area contributed by atoms with Crippen LogP contribution in [0.2, 0.25) is 5.02 Å². The maximum absolute atomic E-state index is 9.88. The molecule has 0 amide bonds. The van der Waals surface area contributed by atoms with Gasteiger partial charge in [0.2, 0.25) is 0 Å². The molecule has 0 radical (unpaired) electrons. The lowest BCUT2D eigenvalue weighted by Gasteiger charge is -2.19. The van der Waals surface area contributed by atoms with Gasteiger partial charge in [0.15, 0.2) is 0 Å². The Morgan fingerprint density at radius 2 is 1.95 bits per heavy atom. The molecule has 0 saturated carbocycles. The maximum Gasteiger partial charge on any atom is 0.141 e. The molecule has 0 aliphatic heterocycles. The quantitative estimate of drug-likeness (QED) is 0.879. The van der Waals surface area contributed by atoms with Crippen LogP contribution in [-0.4, -0.2) is 12.2 Å². The van der Waals surface area contributed by atoms with E-state index in [0.29, 0.717) is 5.02 Å². The molecule has 0 aliphatic rings. The zero-order chi connectivity index (χ0) is 13.8. The number of anilines is 1. The van der Waals surface area contributed by atoms with Crippen molar-refractivity contribution >= 4 is 17.3 Å². The summed E-state index contributed by atoms with van der Waals surface area (Å²) >= 11 is 5.96. The second-order valence-electron chi connectivity index (χ2n) is 4.27. The van der Waals surface area contributed by atoms with Gasteiger partial charge in [-0.3, -0.25) is 0 Å². The highest BCUT2D eigenvalue weighted by Gasteiger charge is 2.12.